The van der Waals surface area contributed by atoms with E-state index >= 15 is 0 Å². The lowest BCUT2D eigenvalue weighted by Gasteiger charge is -2.13. The maximum absolute atomic E-state index is 13.8. The fraction of sp³-hybridized carbons (Fsp3) is 0.217. The molecule has 35 heavy (non-hydrogen) atoms. The molecule has 0 saturated heterocycles. The molecule has 182 valence electrons. The monoisotopic (exact) mass is 502 g/mol. The zero-order valence-corrected chi connectivity index (χ0v) is 19.3. The molecule has 9 nitrogen and oxygen atoms in total. The number of benzene rings is 2. The first kappa shape index (κ1) is 24.1. The van der Waals surface area contributed by atoms with Crippen molar-refractivity contribution in [2.45, 2.75) is 13.3 Å². The van der Waals surface area contributed by atoms with Crippen molar-refractivity contribution in [3.8, 4) is 11.5 Å². The lowest BCUT2D eigenvalue weighted by atomic mass is 10.2. The molecule has 1 amide bonds. The van der Waals surface area contributed by atoms with Gasteiger partial charge in [0, 0.05) is 23.9 Å². The summed E-state index contributed by atoms with van der Waals surface area (Å²) in [6.45, 7) is 2.63. The van der Waals surface area contributed by atoms with Crippen molar-refractivity contribution >= 4 is 45.7 Å². The Bertz CT molecular complexity index is 1350. The number of aromatic nitrogens is 4. The summed E-state index contributed by atoms with van der Waals surface area (Å²) in [5.41, 5.74) is 0.791. The minimum absolute atomic E-state index is 0.142. The molecule has 0 spiro atoms. The van der Waals surface area contributed by atoms with Crippen LogP contribution in [0.2, 0.25) is 0 Å². The van der Waals surface area contributed by atoms with Crippen LogP contribution in [0.3, 0.4) is 0 Å². The van der Waals surface area contributed by atoms with Crippen molar-refractivity contribution in [2.24, 2.45) is 0 Å². The number of nitrogens with zero attached hydrogens (tertiary/aromatic N) is 3. The van der Waals surface area contributed by atoms with Crippen LogP contribution in [0.4, 0.5) is 26.1 Å². The molecule has 0 bridgehead atoms. The number of halogens is 3. The number of hydrogen-bond donors (Lipinski definition) is 3. The van der Waals surface area contributed by atoms with Crippen LogP contribution >= 0.6 is 11.6 Å². The molecule has 4 rings (SSSR count). The molecule has 4 aromatic rings. The van der Waals surface area contributed by atoms with E-state index in [1.807, 2.05) is 6.92 Å². The first-order chi connectivity index (χ1) is 17.0. The Labute approximate surface area is 203 Å². The van der Waals surface area contributed by atoms with E-state index in [9.17, 15) is 13.6 Å². The number of nitrogens with one attached hydrogen (secondary N) is 3. The summed E-state index contributed by atoms with van der Waals surface area (Å²) >= 11 is 5.80. The molecule has 0 aliphatic rings. The number of alkyl halides is 1. The third-order valence-corrected chi connectivity index (χ3v) is 4.93. The quantitative estimate of drug-likeness (QED) is 0.272. The molecular formula is C23H21ClF2N6O3. The van der Waals surface area contributed by atoms with Crippen molar-refractivity contribution in [3.63, 3.8) is 0 Å². The highest BCUT2D eigenvalue weighted by molar-refractivity contribution is 6.18. The summed E-state index contributed by atoms with van der Waals surface area (Å²) < 4.78 is 38.5. The fourth-order valence-corrected chi connectivity index (χ4v) is 3.42. The zero-order chi connectivity index (χ0) is 24.8. The first-order valence-corrected chi connectivity index (χ1v) is 11.2. The van der Waals surface area contributed by atoms with Crippen molar-refractivity contribution in [1.29, 1.82) is 0 Å². The Kier molecular flexibility index (Phi) is 7.56. The first-order valence-electron chi connectivity index (χ1n) is 10.6. The average molecular weight is 503 g/mol. The van der Waals surface area contributed by atoms with Gasteiger partial charge in [-0.3, -0.25) is 9.89 Å². The van der Waals surface area contributed by atoms with Gasteiger partial charge in [0.15, 0.2) is 17.5 Å². The number of hydrogen-bond acceptors (Lipinski definition) is 7. The second kappa shape index (κ2) is 11.0. The third-order valence-electron chi connectivity index (χ3n) is 4.78. The van der Waals surface area contributed by atoms with Crippen LogP contribution in [0.1, 0.15) is 12.6 Å². The van der Waals surface area contributed by atoms with Crippen molar-refractivity contribution in [2.75, 3.05) is 29.7 Å². The van der Waals surface area contributed by atoms with Crippen LogP contribution in [0.25, 0.3) is 10.9 Å². The van der Waals surface area contributed by atoms with Crippen LogP contribution in [-0.2, 0) is 11.2 Å². The minimum Gasteiger partial charge on any atom is -0.494 e. The van der Waals surface area contributed by atoms with Crippen LogP contribution < -0.4 is 20.1 Å². The van der Waals surface area contributed by atoms with Gasteiger partial charge in [-0.05, 0) is 19.1 Å². The van der Waals surface area contributed by atoms with Crippen LogP contribution in [0.15, 0.2) is 42.7 Å². The molecule has 0 unspecified atom stereocenters. The third kappa shape index (κ3) is 5.75. The van der Waals surface area contributed by atoms with Crippen LogP contribution in [0.5, 0.6) is 11.5 Å². The number of rotatable bonds is 10. The second-order valence-corrected chi connectivity index (χ2v) is 7.62. The van der Waals surface area contributed by atoms with Gasteiger partial charge in [0.05, 0.1) is 35.5 Å². The Balaban J connectivity index is 1.53. The average Bonchev–Trinajstić information content (AvgIpc) is 3.27. The number of H-pyrrole nitrogens is 1. The van der Waals surface area contributed by atoms with Crippen molar-refractivity contribution in [3.05, 3.63) is 60.1 Å². The maximum Gasteiger partial charge on any atom is 0.230 e. The van der Waals surface area contributed by atoms with Gasteiger partial charge in [-0.25, -0.2) is 18.7 Å². The largest absolute Gasteiger partial charge is 0.494 e. The molecule has 12 heteroatoms. The van der Waals surface area contributed by atoms with E-state index in [0.29, 0.717) is 52.2 Å². The van der Waals surface area contributed by atoms with Gasteiger partial charge in [-0.15, -0.1) is 11.6 Å². The van der Waals surface area contributed by atoms with Gasteiger partial charge in [-0.2, -0.15) is 5.10 Å². The standard InChI is InChI=1S/C23H21ClF2N6O3/c1-2-34-14-10-17-21(18(11-14)35-7-6-24)23(28-12-27-17)30-19-8-13(31-32-19)9-20(33)29-16-5-3-4-15(25)22(16)26/h3-5,8,10-12H,2,6-7,9H2,1H3,(H,29,33)(H2,27,28,30,31,32). The van der Waals surface area contributed by atoms with E-state index < -0.39 is 17.5 Å². The van der Waals surface area contributed by atoms with Gasteiger partial charge in [-0.1, -0.05) is 6.07 Å². The SMILES string of the molecule is CCOc1cc(OCCCl)c2c(Nc3cc(CC(=O)Nc4cccc(F)c4F)[nH]n3)ncnc2c1. The summed E-state index contributed by atoms with van der Waals surface area (Å²) in [7, 11) is 0. The Morgan fingerprint density at radius 3 is 2.83 bits per heavy atom. The predicted octanol–water partition coefficient (Wildman–Crippen LogP) is 4.57. The molecule has 0 aliphatic carbocycles. The summed E-state index contributed by atoms with van der Waals surface area (Å²) in [6.07, 6.45) is 1.25. The molecule has 2 heterocycles. The Hall–Kier alpha value is -3.99. The number of carbonyl (C=O) groups is 1. The predicted molar refractivity (Wildman–Crippen MR) is 127 cm³/mol. The van der Waals surface area contributed by atoms with Gasteiger partial charge in [0.2, 0.25) is 5.91 Å². The molecule has 0 atom stereocenters. The Morgan fingerprint density at radius 1 is 1.17 bits per heavy atom. The number of aromatic amines is 1. The summed E-state index contributed by atoms with van der Waals surface area (Å²) in [4.78, 5) is 20.9. The molecular weight excluding hydrogens is 482 g/mol. The highest BCUT2D eigenvalue weighted by Crippen LogP contribution is 2.35. The zero-order valence-electron chi connectivity index (χ0n) is 18.6. The molecule has 3 N–H and O–H groups in total. The van der Waals surface area contributed by atoms with E-state index in [0.717, 1.165) is 6.07 Å². The highest BCUT2D eigenvalue weighted by Gasteiger charge is 2.16. The fourth-order valence-electron chi connectivity index (χ4n) is 3.34. The number of ether oxygens (including phenoxy) is 2. The van der Waals surface area contributed by atoms with E-state index in [1.54, 1.807) is 18.2 Å². The minimum atomic E-state index is -1.12. The molecule has 0 radical (unpaired) electrons. The lowest BCUT2D eigenvalue weighted by molar-refractivity contribution is -0.115. The van der Waals surface area contributed by atoms with E-state index in [4.69, 9.17) is 21.1 Å². The summed E-state index contributed by atoms with van der Waals surface area (Å²) in [5, 5.41) is 12.9. The molecule has 0 aliphatic heterocycles. The van der Waals surface area contributed by atoms with Crippen LogP contribution in [0, 0.1) is 11.6 Å². The number of fused-ring (bicyclic) bond motifs is 1. The van der Waals surface area contributed by atoms with Crippen molar-refractivity contribution in [1.82, 2.24) is 20.2 Å². The van der Waals surface area contributed by atoms with Gasteiger partial charge in [0.25, 0.3) is 0 Å². The molecule has 0 fully saturated rings. The number of anilines is 3. The molecule has 2 aromatic heterocycles. The highest BCUT2D eigenvalue weighted by atomic mass is 35.5. The molecule has 0 saturated carbocycles. The van der Waals surface area contributed by atoms with E-state index in [2.05, 4.69) is 30.8 Å². The normalized spacial score (nSPS) is 10.9. The summed E-state index contributed by atoms with van der Waals surface area (Å²) in [5.74, 6) is -0.537. The maximum atomic E-state index is 13.8. The number of amides is 1. The topological polar surface area (TPSA) is 114 Å². The smallest absolute Gasteiger partial charge is 0.230 e. The van der Waals surface area contributed by atoms with Crippen molar-refractivity contribution < 1.29 is 23.0 Å². The van der Waals surface area contributed by atoms with Crippen LogP contribution in [-0.4, -0.2) is 45.2 Å². The van der Waals surface area contributed by atoms with E-state index in [-0.39, 0.29) is 18.7 Å². The van der Waals surface area contributed by atoms with E-state index in [1.165, 1.54) is 18.5 Å². The van der Waals surface area contributed by atoms with Gasteiger partial charge in [0.1, 0.15) is 30.3 Å². The lowest BCUT2D eigenvalue weighted by Crippen LogP contribution is -2.16. The Morgan fingerprint density at radius 2 is 2.03 bits per heavy atom. The summed E-state index contributed by atoms with van der Waals surface area (Å²) in [6, 6.07) is 8.66. The number of carbonyl (C=O) groups excluding carboxylic acids is 1. The van der Waals surface area contributed by atoms with Gasteiger partial charge >= 0.3 is 0 Å². The molecule has 2 aromatic carbocycles. The second-order valence-electron chi connectivity index (χ2n) is 7.24. The van der Waals surface area contributed by atoms with Gasteiger partial charge < -0.3 is 20.1 Å².